The zero-order chi connectivity index (χ0) is 20.6. The quantitative estimate of drug-likeness (QED) is 0.490. The van der Waals surface area contributed by atoms with Crippen LogP contribution < -0.4 is 21.3 Å². The van der Waals surface area contributed by atoms with Gasteiger partial charge in [-0.1, -0.05) is 30.3 Å². The second kappa shape index (κ2) is 9.52. The molecule has 0 aliphatic rings. The molecule has 2 aromatic carbocycles. The van der Waals surface area contributed by atoms with Crippen LogP contribution in [0.1, 0.15) is 22.2 Å². The van der Waals surface area contributed by atoms with Gasteiger partial charge in [0.05, 0.1) is 9.88 Å². The SMILES string of the molecule is CC(=O)Nc1ccc(CNC(=O)c2ccc(NC(=O)Nc3ccccc3)s2)cc1. The number of benzene rings is 2. The van der Waals surface area contributed by atoms with E-state index in [4.69, 9.17) is 0 Å². The molecule has 1 heterocycles. The summed E-state index contributed by atoms with van der Waals surface area (Å²) in [6.07, 6.45) is 0. The number of para-hydroxylation sites is 1. The number of anilines is 3. The molecule has 0 radical (unpaired) electrons. The van der Waals surface area contributed by atoms with E-state index in [0.29, 0.717) is 27.8 Å². The van der Waals surface area contributed by atoms with E-state index in [2.05, 4.69) is 21.3 Å². The lowest BCUT2D eigenvalue weighted by Crippen LogP contribution is -2.21. The van der Waals surface area contributed by atoms with Crippen molar-refractivity contribution in [2.45, 2.75) is 13.5 Å². The summed E-state index contributed by atoms with van der Waals surface area (Å²) in [4.78, 5) is 35.9. The van der Waals surface area contributed by atoms with Gasteiger partial charge in [0.2, 0.25) is 5.91 Å². The van der Waals surface area contributed by atoms with Gasteiger partial charge in [0, 0.05) is 24.8 Å². The Labute approximate surface area is 172 Å². The van der Waals surface area contributed by atoms with Crippen LogP contribution in [0.4, 0.5) is 21.2 Å². The summed E-state index contributed by atoms with van der Waals surface area (Å²) in [5.74, 6) is -0.358. The van der Waals surface area contributed by atoms with Crippen molar-refractivity contribution < 1.29 is 14.4 Å². The molecule has 8 heteroatoms. The summed E-state index contributed by atoms with van der Waals surface area (Å²) in [7, 11) is 0. The lowest BCUT2D eigenvalue weighted by atomic mass is 10.2. The van der Waals surface area contributed by atoms with Gasteiger partial charge in [0.15, 0.2) is 0 Å². The van der Waals surface area contributed by atoms with Gasteiger partial charge in [0.1, 0.15) is 0 Å². The van der Waals surface area contributed by atoms with Crippen molar-refractivity contribution in [3.05, 3.63) is 77.2 Å². The lowest BCUT2D eigenvalue weighted by molar-refractivity contribution is -0.114. The van der Waals surface area contributed by atoms with Crippen molar-refractivity contribution >= 4 is 45.6 Å². The van der Waals surface area contributed by atoms with Crippen LogP contribution in [0, 0.1) is 0 Å². The van der Waals surface area contributed by atoms with Gasteiger partial charge in [-0.25, -0.2) is 4.79 Å². The van der Waals surface area contributed by atoms with Gasteiger partial charge in [-0.3, -0.25) is 14.9 Å². The molecule has 3 aromatic rings. The second-order valence-electron chi connectivity index (χ2n) is 6.17. The zero-order valence-corrected chi connectivity index (χ0v) is 16.5. The fourth-order valence-electron chi connectivity index (χ4n) is 2.50. The van der Waals surface area contributed by atoms with E-state index in [1.54, 1.807) is 36.4 Å². The molecule has 0 aliphatic carbocycles. The average Bonchev–Trinajstić information content (AvgIpc) is 3.16. The van der Waals surface area contributed by atoms with Crippen molar-refractivity contribution in [3.8, 4) is 0 Å². The molecule has 148 valence electrons. The van der Waals surface area contributed by atoms with E-state index >= 15 is 0 Å². The Bertz CT molecular complexity index is 1000. The van der Waals surface area contributed by atoms with Crippen molar-refractivity contribution in [1.82, 2.24) is 5.32 Å². The predicted molar refractivity (Wildman–Crippen MR) is 115 cm³/mol. The third kappa shape index (κ3) is 6.18. The number of hydrogen-bond donors (Lipinski definition) is 4. The molecule has 0 saturated heterocycles. The minimum absolute atomic E-state index is 0.134. The highest BCUT2D eigenvalue weighted by atomic mass is 32.1. The van der Waals surface area contributed by atoms with Crippen LogP contribution >= 0.6 is 11.3 Å². The Hall–Kier alpha value is -3.65. The van der Waals surface area contributed by atoms with Crippen molar-refractivity contribution in [1.29, 1.82) is 0 Å². The summed E-state index contributed by atoms with van der Waals surface area (Å²) < 4.78 is 0. The van der Waals surface area contributed by atoms with Gasteiger partial charge >= 0.3 is 6.03 Å². The van der Waals surface area contributed by atoms with Gasteiger partial charge < -0.3 is 16.0 Å². The van der Waals surface area contributed by atoms with Crippen LogP contribution in [0.2, 0.25) is 0 Å². The number of thiophene rings is 1. The monoisotopic (exact) mass is 408 g/mol. The molecule has 4 amide bonds. The first-order valence-electron chi connectivity index (χ1n) is 8.87. The number of nitrogens with one attached hydrogen (secondary N) is 4. The minimum Gasteiger partial charge on any atom is -0.347 e. The highest BCUT2D eigenvalue weighted by Crippen LogP contribution is 2.22. The van der Waals surface area contributed by atoms with Gasteiger partial charge in [-0.2, -0.15) is 0 Å². The molecule has 0 fully saturated rings. The number of amides is 4. The van der Waals surface area contributed by atoms with E-state index in [1.165, 1.54) is 18.3 Å². The van der Waals surface area contributed by atoms with E-state index in [1.807, 2.05) is 30.3 Å². The summed E-state index contributed by atoms with van der Waals surface area (Å²) in [6, 6.07) is 19.3. The van der Waals surface area contributed by atoms with E-state index in [9.17, 15) is 14.4 Å². The van der Waals surface area contributed by atoms with Crippen LogP contribution in [0.3, 0.4) is 0 Å². The van der Waals surface area contributed by atoms with Crippen molar-refractivity contribution in [2.24, 2.45) is 0 Å². The first kappa shape index (κ1) is 20.1. The Kier molecular flexibility index (Phi) is 6.59. The number of hydrogen-bond acceptors (Lipinski definition) is 4. The third-order valence-corrected chi connectivity index (χ3v) is 4.82. The Balaban J connectivity index is 1.50. The fourth-order valence-corrected chi connectivity index (χ4v) is 3.32. The summed E-state index contributed by atoms with van der Waals surface area (Å²) in [5.41, 5.74) is 2.30. The number of rotatable bonds is 6. The largest absolute Gasteiger partial charge is 0.347 e. The fraction of sp³-hybridized carbons (Fsp3) is 0.0952. The first-order valence-corrected chi connectivity index (χ1v) is 9.69. The third-order valence-electron chi connectivity index (χ3n) is 3.83. The molecular weight excluding hydrogens is 388 g/mol. The van der Waals surface area contributed by atoms with Crippen LogP contribution in [0.25, 0.3) is 0 Å². The summed E-state index contributed by atoms with van der Waals surface area (Å²) >= 11 is 1.19. The van der Waals surface area contributed by atoms with Crippen LogP contribution in [0.15, 0.2) is 66.7 Å². The number of carbonyl (C=O) groups excluding carboxylic acids is 3. The normalized spacial score (nSPS) is 10.1. The molecule has 1 aromatic heterocycles. The maximum absolute atomic E-state index is 12.3. The summed E-state index contributed by atoms with van der Waals surface area (Å²) in [6.45, 7) is 1.80. The average molecular weight is 408 g/mol. The molecule has 0 spiro atoms. The lowest BCUT2D eigenvalue weighted by Gasteiger charge is -2.06. The highest BCUT2D eigenvalue weighted by Gasteiger charge is 2.11. The molecule has 0 bridgehead atoms. The first-order chi connectivity index (χ1) is 14.0. The number of carbonyl (C=O) groups is 3. The highest BCUT2D eigenvalue weighted by molar-refractivity contribution is 7.18. The standard InChI is InChI=1S/C21H20N4O3S/c1-14(26)23-17-9-7-15(8-10-17)13-22-20(27)18-11-12-19(29-18)25-21(28)24-16-5-3-2-4-6-16/h2-12H,13H2,1H3,(H,22,27)(H,23,26)(H2,24,25,28). The van der Waals surface area contributed by atoms with Crippen LogP contribution in [-0.2, 0) is 11.3 Å². The Morgan fingerprint density at radius 3 is 2.17 bits per heavy atom. The van der Waals surface area contributed by atoms with E-state index < -0.39 is 0 Å². The number of urea groups is 1. The molecule has 0 saturated carbocycles. The maximum Gasteiger partial charge on any atom is 0.324 e. The molecule has 0 aliphatic heterocycles. The van der Waals surface area contributed by atoms with Crippen molar-refractivity contribution in [2.75, 3.05) is 16.0 Å². The summed E-state index contributed by atoms with van der Waals surface area (Å²) in [5, 5.41) is 11.5. The molecule has 7 nitrogen and oxygen atoms in total. The molecule has 4 N–H and O–H groups in total. The topological polar surface area (TPSA) is 99.3 Å². The molecule has 3 rings (SSSR count). The van der Waals surface area contributed by atoms with Gasteiger partial charge in [-0.15, -0.1) is 11.3 Å². The predicted octanol–water partition coefficient (Wildman–Crippen LogP) is 4.28. The Morgan fingerprint density at radius 1 is 0.793 bits per heavy atom. The smallest absolute Gasteiger partial charge is 0.324 e. The van der Waals surface area contributed by atoms with Gasteiger partial charge in [0.25, 0.3) is 5.91 Å². The van der Waals surface area contributed by atoms with Crippen LogP contribution in [0.5, 0.6) is 0 Å². The maximum atomic E-state index is 12.3. The van der Waals surface area contributed by atoms with E-state index in [-0.39, 0.29) is 17.8 Å². The molecule has 0 atom stereocenters. The van der Waals surface area contributed by atoms with Gasteiger partial charge in [-0.05, 0) is 42.0 Å². The second-order valence-corrected chi connectivity index (χ2v) is 7.25. The van der Waals surface area contributed by atoms with Crippen LogP contribution in [-0.4, -0.2) is 17.8 Å². The Morgan fingerprint density at radius 2 is 1.48 bits per heavy atom. The molecule has 29 heavy (non-hydrogen) atoms. The molecular formula is C21H20N4O3S. The minimum atomic E-state index is -0.371. The van der Waals surface area contributed by atoms with E-state index in [0.717, 1.165) is 5.56 Å². The zero-order valence-electron chi connectivity index (χ0n) is 15.7. The van der Waals surface area contributed by atoms with Crippen molar-refractivity contribution in [3.63, 3.8) is 0 Å². The molecule has 0 unspecified atom stereocenters.